The molecule has 31 heavy (non-hydrogen) atoms. The van der Waals surface area contributed by atoms with E-state index in [9.17, 15) is 19.5 Å². The fourth-order valence-corrected chi connectivity index (χ4v) is 3.91. The van der Waals surface area contributed by atoms with Crippen LogP contribution in [0.15, 0.2) is 34.4 Å². The van der Waals surface area contributed by atoms with E-state index in [1.807, 2.05) is 39.0 Å². The minimum absolute atomic E-state index is 0.0568. The summed E-state index contributed by atoms with van der Waals surface area (Å²) in [6.07, 6.45) is 0.305. The molecule has 164 valence electrons. The molecular formula is C21H24N4O5S. The molecule has 2 aromatic heterocycles. The SMILES string of the molecule is COC(=O)c1csc(NC(=O)[C@H](CC(C)C)n2c(O)c(-c3cccc(C)c3)[nH]c2=O)n1. The van der Waals surface area contributed by atoms with Gasteiger partial charge in [0, 0.05) is 10.9 Å². The third-order valence-corrected chi connectivity index (χ3v) is 5.40. The number of imidazole rings is 1. The maximum absolute atomic E-state index is 13.1. The normalized spacial score (nSPS) is 12.0. The van der Waals surface area contributed by atoms with Crippen LogP contribution < -0.4 is 11.0 Å². The average Bonchev–Trinajstić information content (AvgIpc) is 3.29. The number of H-pyrrole nitrogens is 1. The topological polar surface area (TPSA) is 126 Å². The number of aromatic nitrogens is 3. The Morgan fingerprint density at radius 3 is 2.74 bits per heavy atom. The number of methoxy groups -OCH3 is 1. The van der Waals surface area contributed by atoms with Gasteiger partial charge < -0.3 is 20.1 Å². The number of hydrogen-bond donors (Lipinski definition) is 3. The predicted octanol–water partition coefficient (Wildman–Crippen LogP) is 3.33. The van der Waals surface area contributed by atoms with Crippen molar-refractivity contribution >= 4 is 28.3 Å². The zero-order chi connectivity index (χ0) is 22.7. The fourth-order valence-electron chi connectivity index (χ4n) is 3.23. The van der Waals surface area contributed by atoms with E-state index in [0.29, 0.717) is 12.0 Å². The number of aromatic hydroxyl groups is 1. The number of ether oxygens (including phenoxy) is 1. The third-order valence-electron chi connectivity index (χ3n) is 4.65. The molecule has 3 N–H and O–H groups in total. The van der Waals surface area contributed by atoms with Crippen LogP contribution in [0, 0.1) is 12.8 Å². The standard InChI is InChI=1S/C21H24N4O5S/c1-11(2)8-15(17(26)24-20-22-14(10-31-20)19(28)30-4)25-18(27)16(23-21(25)29)13-7-5-6-12(3)9-13/h5-7,9-11,15,27H,8H2,1-4H3,(H,23,29)(H,22,24,26)/t15-/m0/s1. The number of aryl methyl sites for hydroxylation is 1. The molecule has 1 aromatic carbocycles. The number of carbonyl (C=O) groups is 2. The summed E-state index contributed by atoms with van der Waals surface area (Å²) >= 11 is 1.06. The fraction of sp³-hybridized carbons (Fsp3) is 0.333. The highest BCUT2D eigenvalue weighted by molar-refractivity contribution is 7.14. The van der Waals surface area contributed by atoms with Gasteiger partial charge in [0.25, 0.3) is 0 Å². The lowest BCUT2D eigenvalue weighted by Crippen LogP contribution is -2.33. The van der Waals surface area contributed by atoms with E-state index in [4.69, 9.17) is 0 Å². The number of esters is 1. The minimum atomic E-state index is -0.979. The lowest BCUT2D eigenvalue weighted by atomic mass is 10.0. The van der Waals surface area contributed by atoms with Crippen molar-refractivity contribution in [2.24, 2.45) is 5.92 Å². The molecule has 0 bridgehead atoms. The number of carbonyl (C=O) groups excluding carboxylic acids is 2. The van der Waals surface area contributed by atoms with Gasteiger partial charge in [0.2, 0.25) is 11.8 Å². The quantitative estimate of drug-likeness (QED) is 0.480. The maximum atomic E-state index is 13.1. The highest BCUT2D eigenvalue weighted by Crippen LogP contribution is 2.31. The van der Waals surface area contributed by atoms with Crippen LogP contribution >= 0.6 is 11.3 Å². The molecule has 0 fully saturated rings. The van der Waals surface area contributed by atoms with E-state index >= 15 is 0 Å². The van der Waals surface area contributed by atoms with E-state index < -0.39 is 23.6 Å². The number of rotatable bonds is 7. The van der Waals surface area contributed by atoms with Gasteiger partial charge in [-0.1, -0.05) is 37.6 Å². The first-order valence-electron chi connectivity index (χ1n) is 9.66. The molecule has 0 aliphatic carbocycles. The number of nitrogens with one attached hydrogen (secondary N) is 2. The highest BCUT2D eigenvalue weighted by atomic mass is 32.1. The molecular weight excluding hydrogens is 420 g/mol. The van der Waals surface area contributed by atoms with E-state index in [2.05, 4.69) is 20.0 Å². The van der Waals surface area contributed by atoms with Crippen LogP contribution in [-0.2, 0) is 9.53 Å². The summed E-state index contributed by atoms with van der Waals surface area (Å²) in [5, 5.41) is 15.1. The molecule has 1 atom stereocenters. The molecule has 0 saturated heterocycles. The molecule has 3 rings (SSSR count). The van der Waals surface area contributed by atoms with Crippen molar-refractivity contribution in [2.75, 3.05) is 12.4 Å². The molecule has 9 nitrogen and oxygen atoms in total. The van der Waals surface area contributed by atoms with Crippen molar-refractivity contribution in [3.8, 4) is 17.1 Å². The molecule has 0 saturated carbocycles. The molecule has 2 heterocycles. The van der Waals surface area contributed by atoms with Gasteiger partial charge in [0.05, 0.1) is 7.11 Å². The lowest BCUT2D eigenvalue weighted by Gasteiger charge is -2.19. The second kappa shape index (κ2) is 9.17. The molecule has 0 radical (unpaired) electrons. The van der Waals surface area contributed by atoms with Crippen LogP contribution in [-0.4, -0.2) is 38.6 Å². The molecule has 1 amide bonds. The number of nitrogens with zero attached hydrogens (tertiary/aromatic N) is 2. The second-order valence-electron chi connectivity index (χ2n) is 7.53. The van der Waals surface area contributed by atoms with Gasteiger partial charge in [-0.15, -0.1) is 11.3 Å². The van der Waals surface area contributed by atoms with E-state index in [1.54, 1.807) is 6.07 Å². The van der Waals surface area contributed by atoms with Crippen molar-refractivity contribution < 1.29 is 19.4 Å². The molecule has 0 aliphatic heterocycles. The Labute approximate surface area is 182 Å². The second-order valence-corrected chi connectivity index (χ2v) is 8.39. The van der Waals surface area contributed by atoms with Crippen molar-refractivity contribution in [2.45, 2.75) is 33.2 Å². The zero-order valence-electron chi connectivity index (χ0n) is 17.6. The molecule has 0 unspecified atom stereocenters. The number of hydrogen-bond acceptors (Lipinski definition) is 7. The van der Waals surface area contributed by atoms with Crippen LogP contribution in [0.2, 0.25) is 0 Å². The average molecular weight is 445 g/mol. The van der Waals surface area contributed by atoms with Crippen molar-refractivity contribution in [1.29, 1.82) is 0 Å². The van der Waals surface area contributed by atoms with Crippen molar-refractivity contribution in [3.05, 3.63) is 51.4 Å². The third kappa shape index (κ3) is 4.85. The first-order valence-corrected chi connectivity index (χ1v) is 10.5. The van der Waals surface area contributed by atoms with E-state index in [1.165, 1.54) is 12.5 Å². The molecule has 0 spiro atoms. The number of anilines is 1. The summed E-state index contributed by atoms with van der Waals surface area (Å²) in [4.78, 5) is 44.1. The lowest BCUT2D eigenvalue weighted by molar-refractivity contribution is -0.119. The number of amides is 1. The van der Waals surface area contributed by atoms with Gasteiger partial charge in [-0.05, 0) is 25.3 Å². The van der Waals surface area contributed by atoms with Gasteiger partial charge in [-0.3, -0.25) is 9.36 Å². The van der Waals surface area contributed by atoms with Crippen LogP contribution in [0.4, 0.5) is 5.13 Å². The summed E-state index contributed by atoms with van der Waals surface area (Å²) in [5.41, 5.74) is 1.33. The Kier molecular flexibility index (Phi) is 6.59. The number of thiazole rings is 1. The first kappa shape index (κ1) is 22.3. The zero-order valence-corrected chi connectivity index (χ0v) is 18.4. The summed E-state index contributed by atoms with van der Waals surface area (Å²) in [6.45, 7) is 5.73. The van der Waals surface area contributed by atoms with E-state index in [-0.39, 0.29) is 28.3 Å². The maximum Gasteiger partial charge on any atom is 0.357 e. The van der Waals surface area contributed by atoms with Gasteiger partial charge in [0.1, 0.15) is 11.7 Å². The van der Waals surface area contributed by atoms with Crippen LogP contribution in [0.5, 0.6) is 5.88 Å². The molecule has 3 aromatic rings. The van der Waals surface area contributed by atoms with Gasteiger partial charge >= 0.3 is 11.7 Å². The predicted molar refractivity (Wildman–Crippen MR) is 117 cm³/mol. The van der Waals surface area contributed by atoms with Crippen molar-refractivity contribution in [1.82, 2.24) is 14.5 Å². The van der Waals surface area contributed by atoms with Gasteiger partial charge in [0.15, 0.2) is 10.8 Å². The highest BCUT2D eigenvalue weighted by Gasteiger charge is 2.29. The Morgan fingerprint density at radius 2 is 2.10 bits per heavy atom. The Balaban J connectivity index is 1.96. The smallest absolute Gasteiger partial charge is 0.357 e. The Bertz CT molecular complexity index is 1160. The van der Waals surface area contributed by atoms with Gasteiger partial charge in [-0.2, -0.15) is 0 Å². The molecule has 0 aliphatic rings. The van der Waals surface area contributed by atoms with Crippen LogP contribution in [0.25, 0.3) is 11.3 Å². The first-order chi connectivity index (χ1) is 14.7. The van der Waals surface area contributed by atoms with E-state index in [0.717, 1.165) is 21.5 Å². The Hall–Kier alpha value is -3.40. The Morgan fingerprint density at radius 1 is 1.35 bits per heavy atom. The number of aromatic amines is 1. The van der Waals surface area contributed by atoms with Crippen LogP contribution in [0.1, 0.15) is 42.4 Å². The minimum Gasteiger partial charge on any atom is -0.493 e. The summed E-state index contributed by atoms with van der Waals surface area (Å²) in [6, 6.07) is 6.34. The van der Waals surface area contributed by atoms with Gasteiger partial charge in [-0.25, -0.2) is 14.6 Å². The largest absolute Gasteiger partial charge is 0.493 e. The summed E-state index contributed by atoms with van der Waals surface area (Å²) < 4.78 is 5.68. The summed E-state index contributed by atoms with van der Waals surface area (Å²) in [5.74, 6) is -1.39. The van der Waals surface area contributed by atoms with Crippen molar-refractivity contribution in [3.63, 3.8) is 0 Å². The monoisotopic (exact) mass is 444 g/mol. The summed E-state index contributed by atoms with van der Waals surface area (Å²) in [7, 11) is 1.24. The number of benzene rings is 1. The van der Waals surface area contributed by atoms with Crippen LogP contribution in [0.3, 0.4) is 0 Å². The molecule has 10 heteroatoms.